The van der Waals surface area contributed by atoms with Crippen molar-refractivity contribution < 1.29 is 4.74 Å². The molecule has 0 bridgehead atoms. The number of ether oxygens (including phenoxy) is 1. The lowest BCUT2D eigenvalue weighted by molar-refractivity contribution is 0.306. The Morgan fingerprint density at radius 3 is 3.00 bits per heavy atom. The van der Waals surface area contributed by atoms with Gasteiger partial charge in [0.05, 0.1) is 11.6 Å². The van der Waals surface area contributed by atoms with Gasteiger partial charge in [-0.2, -0.15) is 5.26 Å². The molecule has 20 heavy (non-hydrogen) atoms. The maximum Gasteiger partial charge on any atom is 0.120 e. The van der Waals surface area contributed by atoms with Crippen LogP contribution in [0.3, 0.4) is 0 Å². The molecule has 2 aromatic rings. The van der Waals surface area contributed by atoms with Crippen molar-refractivity contribution in [3.8, 4) is 11.8 Å². The average molecular weight is 264 g/mol. The van der Waals surface area contributed by atoms with Crippen molar-refractivity contribution in [3.63, 3.8) is 0 Å². The lowest BCUT2D eigenvalue weighted by Gasteiger charge is -2.09. The first kappa shape index (κ1) is 12.7. The van der Waals surface area contributed by atoms with Gasteiger partial charge in [-0.05, 0) is 53.8 Å². The predicted molar refractivity (Wildman–Crippen MR) is 77.2 cm³/mol. The topological polar surface area (TPSA) is 59.0 Å². The molecule has 2 aromatic carbocycles. The Balaban J connectivity index is 1.71. The zero-order valence-corrected chi connectivity index (χ0v) is 11.2. The van der Waals surface area contributed by atoms with Gasteiger partial charge >= 0.3 is 0 Å². The van der Waals surface area contributed by atoms with Gasteiger partial charge in [-0.25, -0.2) is 0 Å². The van der Waals surface area contributed by atoms with Gasteiger partial charge in [-0.15, -0.1) is 0 Å². The maximum absolute atomic E-state index is 8.88. The molecule has 3 heteroatoms. The number of nitrogens with zero attached hydrogens (tertiary/aromatic N) is 1. The van der Waals surface area contributed by atoms with Crippen LogP contribution in [0.4, 0.5) is 0 Å². The predicted octanol–water partition coefficient (Wildman–Crippen LogP) is 3.08. The number of nitrogens with two attached hydrogens (primary N) is 1. The summed E-state index contributed by atoms with van der Waals surface area (Å²) in [5.41, 5.74) is 10.2. The molecule has 0 unspecified atom stereocenters. The van der Waals surface area contributed by atoms with Crippen molar-refractivity contribution in [2.45, 2.75) is 25.5 Å². The number of hydrogen-bond acceptors (Lipinski definition) is 3. The highest BCUT2D eigenvalue weighted by molar-refractivity contribution is 5.40. The summed E-state index contributed by atoms with van der Waals surface area (Å²) in [4.78, 5) is 0. The van der Waals surface area contributed by atoms with Crippen LogP contribution in [0, 0.1) is 11.3 Å². The van der Waals surface area contributed by atoms with Crippen molar-refractivity contribution >= 4 is 0 Å². The molecule has 0 fully saturated rings. The van der Waals surface area contributed by atoms with Crippen LogP contribution in [0.25, 0.3) is 0 Å². The van der Waals surface area contributed by atoms with Gasteiger partial charge in [0, 0.05) is 6.04 Å². The van der Waals surface area contributed by atoms with Gasteiger partial charge in [-0.3, -0.25) is 0 Å². The Kier molecular flexibility index (Phi) is 3.41. The molecule has 1 atom stereocenters. The molecule has 0 radical (unpaired) electrons. The van der Waals surface area contributed by atoms with Crippen LogP contribution >= 0.6 is 0 Å². The number of fused-ring (bicyclic) bond motifs is 1. The lowest BCUT2D eigenvalue weighted by atomic mass is 10.1. The van der Waals surface area contributed by atoms with E-state index in [9.17, 15) is 0 Å². The molecule has 2 N–H and O–H groups in total. The SMILES string of the molecule is N#Cc1cccc(COc2ccc3c(c2)CC[C@@H]3N)c1. The van der Waals surface area contributed by atoms with E-state index in [1.54, 1.807) is 6.07 Å². The summed E-state index contributed by atoms with van der Waals surface area (Å²) in [6, 6.07) is 15.9. The van der Waals surface area contributed by atoms with Gasteiger partial charge < -0.3 is 10.5 Å². The minimum Gasteiger partial charge on any atom is -0.489 e. The van der Waals surface area contributed by atoms with Gasteiger partial charge in [0.1, 0.15) is 12.4 Å². The molecule has 1 aliphatic rings. The molecule has 3 rings (SSSR count). The third kappa shape index (κ3) is 2.52. The fraction of sp³-hybridized carbons (Fsp3) is 0.235. The van der Waals surface area contributed by atoms with Gasteiger partial charge in [0.15, 0.2) is 0 Å². The fourth-order valence-corrected chi connectivity index (χ4v) is 2.61. The lowest BCUT2D eigenvalue weighted by Crippen LogP contribution is -2.05. The Morgan fingerprint density at radius 1 is 1.25 bits per heavy atom. The molecular formula is C17H16N2O. The molecule has 0 spiro atoms. The largest absolute Gasteiger partial charge is 0.489 e. The molecule has 1 aliphatic carbocycles. The first-order chi connectivity index (χ1) is 9.76. The molecule has 100 valence electrons. The summed E-state index contributed by atoms with van der Waals surface area (Å²) in [7, 11) is 0. The highest BCUT2D eigenvalue weighted by Crippen LogP contribution is 2.32. The van der Waals surface area contributed by atoms with Crippen LogP contribution in [0.2, 0.25) is 0 Å². The minimum atomic E-state index is 0.173. The normalized spacial score (nSPS) is 16.5. The Morgan fingerprint density at radius 2 is 2.15 bits per heavy atom. The van der Waals surface area contributed by atoms with Crippen LogP contribution in [0.1, 0.15) is 34.7 Å². The molecule has 0 saturated heterocycles. The molecule has 0 saturated carbocycles. The molecule has 0 amide bonds. The van der Waals surface area contributed by atoms with E-state index in [-0.39, 0.29) is 6.04 Å². The van der Waals surface area contributed by atoms with Crippen molar-refractivity contribution in [2.24, 2.45) is 5.73 Å². The fourth-order valence-electron chi connectivity index (χ4n) is 2.61. The Hall–Kier alpha value is -2.31. The second kappa shape index (κ2) is 5.36. The second-order valence-electron chi connectivity index (χ2n) is 5.11. The summed E-state index contributed by atoms with van der Waals surface area (Å²) >= 11 is 0. The van der Waals surface area contributed by atoms with Gasteiger partial charge in [-0.1, -0.05) is 18.2 Å². The van der Waals surface area contributed by atoms with E-state index in [1.165, 1.54) is 11.1 Å². The maximum atomic E-state index is 8.88. The number of hydrogen-bond donors (Lipinski definition) is 1. The van der Waals surface area contributed by atoms with Crippen LogP contribution in [0.15, 0.2) is 42.5 Å². The molecular weight excluding hydrogens is 248 g/mol. The van der Waals surface area contributed by atoms with Crippen LogP contribution < -0.4 is 10.5 Å². The minimum absolute atomic E-state index is 0.173. The van der Waals surface area contributed by atoms with Gasteiger partial charge in [0.2, 0.25) is 0 Å². The zero-order valence-electron chi connectivity index (χ0n) is 11.2. The standard InChI is InChI=1S/C17H16N2O/c18-10-12-2-1-3-13(8-12)11-20-15-5-6-16-14(9-15)4-7-17(16)19/h1-3,5-6,8-9,17H,4,7,11,19H2/t17-/m0/s1. The number of benzene rings is 2. The highest BCUT2D eigenvalue weighted by atomic mass is 16.5. The average Bonchev–Trinajstić information content (AvgIpc) is 2.86. The summed E-state index contributed by atoms with van der Waals surface area (Å²) in [5, 5.41) is 8.88. The first-order valence-electron chi connectivity index (χ1n) is 6.76. The van der Waals surface area contributed by atoms with Gasteiger partial charge in [0.25, 0.3) is 0 Å². The van der Waals surface area contributed by atoms with E-state index in [2.05, 4.69) is 18.2 Å². The molecule has 0 aliphatic heterocycles. The van der Waals surface area contributed by atoms with E-state index in [0.717, 1.165) is 24.2 Å². The monoisotopic (exact) mass is 264 g/mol. The molecule has 0 heterocycles. The Bertz CT molecular complexity index is 673. The quantitative estimate of drug-likeness (QED) is 0.926. The van der Waals surface area contributed by atoms with E-state index < -0.39 is 0 Å². The van der Waals surface area contributed by atoms with E-state index in [0.29, 0.717) is 12.2 Å². The van der Waals surface area contributed by atoms with Crippen molar-refractivity contribution in [2.75, 3.05) is 0 Å². The van der Waals surface area contributed by atoms with Crippen molar-refractivity contribution in [1.82, 2.24) is 0 Å². The first-order valence-corrected chi connectivity index (χ1v) is 6.76. The van der Waals surface area contributed by atoms with E-state index in [1.807, 2.05) is 24.3 Å². The number of nitriles is 1. The smallest absolute Gasteiger partial charge is 0.120 e. The van der Waals surface area contributed by atoms with E-state index >= 15 is 0 Å². The number of rotatable bonds is 3. The Labute approximate surface area is 118 Å². The highest BCUT2D eigenvalue weighted by Gasteiger charge is 2.18. The van der Waals surface area contributed by atoms with Crippen molar-refractivity contribution in [3.05, 3.63) is 64.7 Å². The zero-order chi connectivity index (χ0) is 13.9. The van der Waals surface area contributed by atoms with Crippen molar-refractivity contribution in [1.29, 1.82) is 5.26 Å². The molecule has 3 nitrogen and oxygen atoms in total. The third-order valence-electron chi connectivity index (χ3n) is 3.70. The van der Waals surface area contributed by atoms with Crippen LogP contribution in [-0.2, 0) is 13.0 Å². The summed E-state index contributed by atoms with van der Waals surface area (Å²) in [6.07, 6.45) is 2.04. The second-order valence-corrected chi connectivity index (χ2v) is 5.11. The summed E-state index contributed by atoms with van der Waals surface area (Å²) in [5.74, 6) is 0.861. The molecule has 0 aromatic heterocycles. The summed E-state index contributed by atoms with van der Waals surface area (Å²) < 4.78 is 5.80. The third-order valence-corrected chi connectivity index (χ3v) is 3.70. The van der Waals surface area contributed by atoms with Crippen LogP contribution in [-0.4, -0.2) is 0 Å². The number of aryl methyl sites for hydroxylation is 1. The summed E-state index contributed by atoms with van der Waals surface area (Å²) in [6.45, 7) is 0.473. The van der Waals surface area contributed by atoms with E-state index in [4.69, 9.17) is 15.7 Å². The van der Waals surface area contributed by atoms with Crippen LogP contribution in [0.5, 0.6) is 5.75 Å².